The van der Waals surface area contributed by atoms with Crippen LogP contribution in [0.5, 0.6) is 0 Å². The van der Waals surface area contributed by atoms with Crippen molar-refractivity contribution in [1.29, 1.82) is 0 Å². The van der Waals surface area contributed by atoms with Crippen LogP contribution >= 0.6 is 11.8 Å². The largest absolute Gasteiger partial charge is 0.361 e. The predicted molar refractivity (Wildman–Crippen MR) is 108 cm³/mol. The highest BCUT2D eigenvalue weighted by Crippen LogP contribution is 2.24. The fourth-order valence-corrected chi connectivity index (χ4v) is 3.77. The van der Waals surface area contributed by atoms with Gasteiger partial charge in [0.2, 0.25) is 5.91 Å². The molecule has 1 aromatic heterocycles. The standard InChI is InChI=1S/C20H16N4O2S/c25-17(13-6-2-1-3-7-13)10-18-19(26)23-20(27-18)24-22-12-14-11-21-16-9-5-4-8-15(14)16/h1-9,11-12,18,21H,10H2,(H,23,24,26)/b22-12+/t18-/m1/s1. The van der Waals surface area contributed by atoms with Crippen LogP contribution in [0.1, 0.15) is 22.3 Å². The second-order valence-electron chi connectivity index (χ2n) is 6.03. The molecule has 0 saturated carbocycles. The third-order valence-corrected chi connectivity index (χ3v) is 5.28. The van der Waals surface area contributed by atoms with Gasteiger partial charge in [0.25, 0.3) is 0 Å². The number of nitrogens with one attached hydrogen (secondary N) is 2. The van der Waals surface area contributed by atoms with Crippen LogP contribution in [0.2, 0.25) is 0 Å². The zero-order valence-electron chi connectivity index (χ0n) is 14.3. The van der Waals surface area contributed by atoms with Gasteiger partial charge in [-0.15, -0.1) is 5.10 Å². The maximum atomic E-state index is 12.3. The average Bonchev–Trinajstić information content (AvgIpc) is 3.26. The van der Waals surface area contributed by atoms with E-state index in [0.29, 0.717) is 10.7 Å². The van der Waals surface area contributed by atoms with E-state index >= 15 is 0 Å². The monoisotopic (exact) mass is 376 g/mol. The Morgan fingerprint density at radius 2 is 1.89 bits per heavy atom. The van der Waals surface area contributed by atoms with Gasteiger partial charge in [0, 0.05) is 34.6 Å². The Balaban J connectivity index is 1.42. The second-order valence-corrected chi connectivity index (χ2v) is 7.22. The van der Waals surface area contributed by atoms with Gasteiger partial charge < -0.3 is 10.3 Å². The third-order valence-electron chi connectivity index (χ3n) is 4.21. The first kappa shape index (κ1) is 17.2. The average molecular weight is 376 g/mol. The molecule has 1 aliphatic rings. The summed E-state index contributed by atoms with van der Waals surface area (Å²) in [7, 11) is 0. The van der Waals surface area contributed by atoms with Gasteiger partial charge in [0.05, 0.1) is 11.5 Å². The van der Waals surface area contributed by atoms with Crippen molar-refractivity contribution in [3.05, 3.63) is 71.9 Å². The Morgan fingerprint density at radius 3 is 2.74 bits per heavy atom. The SMILES string of the molecule is O=C(C[C@H]1S/C(=N/N=C/c2c[nH]c3ccccc23)NC1=O)c1ccccc1. The molecule has 27 heavy (non-hydrogen) atoms. The molecule has 6 nitrogen and oxygen atoms in total. The van der Waals surface area contributed by atoms with Crippen molar-refractivity contribution in [3.8, 4) is 0 Å². The van der Waals surface area contributed by atoms with E-state index in [2.05, 4.69) is 20.5 Å². The molecule has 4 rings (SSSR count). The zero-order chi connectivity index (χ0) is 18.6. The lowest BCUT2D eigenvalue weighted by molar-refractivity contribution is -0.118. The van der Waals surface area contributed by atoms with Gasteiger partial charge in [0.15, 0.2) is 11.0 Å². The molecule has 2 heterocycles. The van der Waals surface area contributed by atoms with E-state index in [4.69, 9.17) is 0 Å². The quantitative estimate of drug-likeness (QED) is 0.407. The maximum Gasteiger partial charge on any atom is 0.240 e. The number of carbonyl (C=O) groups excluding carboxylic acids is 2. The second kappa shape index (κ2) is 7.59. The minimum atomic E-state index is -0.486. The molecule has 3 aromatic rings. The van der Waals surface area contributed by atoms with E-state index in [1.807, 2.05) is 36.5 Å². The maximum absolute atomic E-state index is 12.3. The molecule has 1 atom stereocenters. The minimum Gasteiger partial charge on any atom is -0.361 e. The number of H-pyrrole nitrogens is 1. The van der Waals surface area contributed by atoms with Crippen LogP contribution < -0.4 is 5.32 Å². The Labute approximate surface area is 159 Å². The molecule has 2 N–H and O–H groups in total. The number of amides is 1. The number of nitrogens with zero attached hydrogens (tertiary/aromatic N) is 2. The molecule has 0 radical (unpaired) electrons. The van der Waals surface area contributed by atoms with Crippen LogP contribution in [-0.2, 0) is 4.79 Å². The number of hydrogen-bond acceptors (Lipinski definition) is 5. The van der Waals surface area contributed by atoms with E-state index in [9.17, 15) is 9.59 Å². The topological polar surface area (TPSA) is 86.7 Å². The highest BCUT2D eigenvalue weighted by Gasteiger charge is 2.32. The van der Waals surface area contributed by atoms with Crippen molar-refractivity contribution in [2.45, 2.75) is 11.7 Å². The van der Waals surface area contributed by atoms with Crippen LogP contribution in [0.25, 0.3) is 10.9 Å². The van der Waals surface area contributed by atoms with Gasteiger partial charge >= 0.3 is 0 Å². The lowest BCUT2D eigenvalue weighted by atomic mass is 10.1. The smallest absolute Gasteiger partial charge is 0.240 e. The first-order valence-electron chi connectivity index (χ1n) is 8.43. The van der Waals surface area contributed by atoms with Crippen LogP contribution in [0.15, 0.2) is 71.0 Å². The van der Waals surface area contributed by atoms with Gasteiger partial charge in [-0.3, -0.25) is 9.59 Å². The lowest BCUT2D eigenvalue weighted by Gasteiger charge is -2.04. The van der Waals surface area contributed by atoms with E-state index in [0.717, 1.165) is 16.5 Å². The first-order chi connectivity index (χ1) is 13.2. The summed E-state index contributed by atoms with van der Waals surface area (Å²) < 4.78 is 0. The fourth-order valence-electron chi connectivity index (χ4n) is 2.84. The summed E-state index contributed by atoms with van der Waals surface area (Å²) in [6.45, 7) is 0. The summed E-state index contributed by atoms with van der Waals surface area (Å²) in [6.07, 6.45) is 3.63. The van der Waals surface area contributed by atoms with E-state index in [-0.39, 0.29) is 18.1 Å². The zero-order valence-corrected chi connectivity index (χ0v) is 15.1. The molecular weight excluding hydrogens is 360 g/mol. The molecule has 0 unspecified atom stereocenters. The summed E-state index contributed by atoms with van der Waals surface area (Å²) >= 11 is 1.23. The number of rotatable bonds is 5. The number of carbonyl (C=O) groups is 2. The lowest BCUT2D eigenvalue weighted by Crippen LogP contribution is -2.26. The summed E-state index contributed by atoms with van der Waals surface area (Å²) in [5.74, 6) is -0.280. The molecule has 0 bridgehead atoms. The molecule has 7 heteroatoms. The number of ketones is 1. The van der Waals surface area contributed by atoms with Crippen molar-refractivity contribution < 1.29 is 9.59 Å². The summed E-state index contributed by atoms with van der Waals surface area (Å²) in [6, 6.07) is 16.9. The van der Waals surface area contributed by atoms with Crippen molar-refractivity contribution >= 4 is 45.7 Å². The number of benzene rings is 2. The molecule has 1 fully saturated rings. The van der Waals surface area contributed by atoms with Crippen LogP contribution in [-0.4, -0.2) is 33.3 Å². The highest BCUT2D eigenvalue weighted by molar-refractivity contribution is 8.15. The van der Waals surface area contributed by atoms with Crippen molar-refractivity contribution in [2.24, 2.45) is 10.2 Å². The molecule has 1 aliphatic heterocycles. The summed E-state index contributed by atoms with van der Waals surface area (Å²) in [5, 5.41) is 11.8. The van der Waals surface area contributed by atoms with Crippen molar-refractivity contribution in [3.63, 3.8) is 0 Å². The van der Waals surface area contributed by atoms with Crippen LogP contribution in [0.4, 0.5) is 0 Å². The highest BCUT2D eigenvalue weighted by atomic mass is 32.2. The number of amidine groups is 1. The number of hydrogen-bond donors (Lipinski definition) is 2. The van der Waals surface area contributed by atoms with Crippen molar-refractivity contribution in [1.82, 2.24) is 10.3 Å². The molecule has 134 valence electrons. The molecule has 2 aromatic carbocycles. The molecule has 1 saturated heterocycles. The van der Waals surface area contributed by atoms with E-state index < -0.39 is 5.25 Å². The molecule has 0 aliphatic carbocycles. The Bertz CT molecular complexity index is 1060. The normalized spacial score (nSPS) is 18.4. The van der Waals surface area contributed by atoms with Gasteiger partial charge in [0.1, 0.15) is 0 Å². The van der Waals surface area contributed by atoms with E-state index in [1.54, 1.807) is 30.5 Å². The number of aromatic nitrogens is 1. The van der Waals surface area contributed by atoms with E-state index in [1.165, 1.54) is 11.8 Å². The number of para-hydroxylation sites is 1. The summed E-state index contributed by atoms with van der Waals surface area (Å²) in [5.41, 5.74) is 2.54. The first-order valence-corrected chi connectivity index (χ1v) is 9.31. The number of aromatic amines is 1. The van der Waals surface area contributed by atoms with Crippen molar-refractivity contribution in [2.75, 3.05) is 0 Å². The number of thioether (sulfide) groups is 1. The van der Waals surface area contributed by atoms with Crippen LogP contribution in [0, 0.1) is 0 Å². The van der Waals surface area contributed by atoms with Gasteiger partial charge in [-0.25, -0.2) is 0 Å². The predicted octanol–water partition coefficient (Wildman–Crippen LogP) is 3.36. The Kier molecular flexibility index (Phi) is 4.84. The fraction of sp³-hybridized carbons (Fsp3) is 0.100. The minimum absolute atomic E-state index is 0.0632. The summed E-state index contributed by atoms with van der Waals surface area (Å²) in [4.78, 5) is 27.5. The van der Waals surface area contributed by atoms with Crippen LogP contribution in [0.3, 0.4) is 0 Å². The number of fused-ring (bicyclic) bond motifs is 1. The Hall–Kier alpha value is -3.19. The van der Waals surface area contributed by atoms with Gasteiger partial charge in [-0.05, 0) is 6.07 Å². The van der Waals surface area contributed by atoms with Gasteiger partial charge in [-0.2, -0.15) is 5.10 Å². The van der Waals surface area contributed by atoms with Gasteiger partial charge in [-0.1, -0.05) is 60.3 Å². The third kappa shape index (κ3) is 3.83. The Morgan fingerprint density at radius 1 is 1.11 bits per heavy atom. The number of Topliss-reactive ketones (excluding diaryl/α,β-unsaturated/α-hetero) is 1. The molecular formula is C20H16N4O2S. The molecule has 0 spiro atoms. The molecule has 1 amide bonds.